The summed E-state index contributed by atoms with van der Waals surface area (Å²) in [5, 5.41) is 1.40. The van der Waals surface area contributed by atoms with Crippen molar-refractivity contribution in [2.24, 2.45) is 5.41 Å². The van der Waals surface area contributed by atoms with Gasteiger partial charge in [-0.05, 0) is 0 Å². The molecule has 0 saturated carbocycles. The monoisotopic (exact) mass is 252 g/mol. The van der Waals surface area contributed by atoms with E-state index in [-0.39, 0.29) is 0 Å². The summed E-state index contributed by atoms with van der Waals surface area (Å²) in [6.45, 7) is 7.05. The zero-order valence-electron chi connectivity index (χ0n) is 10.1. The van der Waals surface area contributed by atoms with Gasteiger partial charge < -0.3 is 0 Å². The second-order valence-corrected chi connectivity index (χ2v) is 15.8. The van der Waals surface area contributed by atoms with Crippen molar-refractivity contribution in [3.05, 3.63) is 30.3 Å². The summed E-state index contributed by atoms with van der Waals surface area (Å²) in [4.78, 5) is 0. The molecule has 1 aromatic carbocycles. The molecular weight excluding hydrogens is 229 g/mol. The molecule has 0 nitrogen and oxygen atoms in total. The molecule has 0 aliphatic carbocycles. The van der Waals surface area contributed by atoms with Crippen molar-refractivity contribution in [3.8, 4) is 0 Å². The fourth-order valence-electron chi connectivity index (χ4n) is 2.32. The Morgan fingerprint density at radius 2 is 1.50 bits per heavy atom. The summed E-state index contributed by atoms with van der Waals surface area (Å²) in [6, 6.07) is 11.1. The average Bonchev–Trinajstić information content (AvgIpc) is 2.01. The Hall–Kier alpha value is -0.237. The Morgan fingerprint density at radius 3 is 1.93 bits per heavy atom. The van der Waals surface area contributed by atoms with Gasteiger partial charge in [-0.1, -0.05) is 0 Å². The van der Waals surface area contributed by atoms with Crippen LogP contribution in [0.25, 0.3) is 0 Å². The average molecular weight is 251 g/mol. The molecule has 0 atom stereocenters. The van der Waals surface area contributed by atoms with Crippen molar-refractivity contribution in [1.29, 1.82) is 0 Å². The van der Waals surface area contributed by atoms with Gasteiger partial charge >= 0.3 is 90.9 Å². The molecule has 0 amide bonds. The van der Waals surface area contributed by atoms with E-state index in [9.17, 15) is 0 Å². The van der Waals surface area contributed by atoms with Crippen LogP contribution in [-0.4, -0.2) is 13.3 Å². The number of hydrogen-bond donors (Lipinski definition) is 0. The summed E-state index contributed by atoms with van der Waals surface area (Å²) in [5.74, 6) is 5.03. The van der Waals surface area contributed by atoms with E-state index in [1.54, 1.807) is 4.40 Å². The van der Waals surface area contributed by atoms with Crippen molar-refractivity contribution in [2.45, 2.75) is 37.5 Å². The minimum absolute atomic E-state index is 0.472. The van der Waals surface area contributed by atoms with Crippen LogP contribution in [0.5, 0.6) is 0 Å². The van der Waals surface area contributed by atoms with Crippen LogP contribution < -0.4 is 4.40 Å². The number of rotatable bonds is 2. The summed E-state index contributed by atoms with van der Waals surface area (Å²) >= 11 is -1.74. The Kier molecular flexibility index (Phi) is 3.46. The summed E-state index contributed by atoms with van der Waals surface area (Å²) in [6.07, 6.45) is 0. The predicted octanol–water partition coefficient (Wildman–Crippen LogP) is 3.65. The van der Waals surface area contributed by atoms with Crippen LogP contribution >= 0.6 is 0 Å². The third-order valence-corrected chi connectivity index (χ3v) is 10.6. The van der Waals surface area contributed by atoms with Gasteiger partial charge in [0.2, 0.25) is 0 Å². The summed E-state index contributed by atoms with van der Waals surface area (Å²) < 4.78 is 1.63. The van der Waals surface area contributed by atoms with Gasteiger partial charge in [0.25, 0.3) is 0 Å². The minimum atomic E-state index is -1.74. The molecule has 0 heterocycles. The van der Waals surface area contributed by atoms with Crippen LogP contribution in [0.15, 0.2) is 30.3 Å². The maximum atomic E-state index is 2.51. The normalized spacial score (nSPS) is 12.9. The zero-order valence-corrected chi connectivity index (χ0v) is 12.2. The van der Waals surface area contributed by atoms with Gasteiger partial charge in [-0.25, -0.2) is 0 Å². The second kappa shape index (κ2) is 4.10. The summed E-state index contributed by atoms with van der Waals surface area (Å²) in [7, 11) is 0. The summed E-state index contributed by atoms with van der Waals surface area (Å²) in [5.41, 5.74) is 0.472. The van der Waals surface area contributed by atoms with Crippen molar-refractivity contribution in [3.63, 3.8) is 0 Å². The Bertz CT molecular complexity index is 280. The molecule has 0 radical (unpaired) electrons. The van der Waals surface area contributed by atoms with Crippen LogP contribution in [0.2, 0.25) is 16.8 Å². The van der Waals surface area contributed by atoms with E-state index >= 15 is 0 Å². The molecule has 1 aromatic rings. The Morgan fingerprint density at radius 1 is 1.00 bits per heavy atom. The van der Waals surface area contributed by atoms with E-state index in [4.69, 9.17) is 0 Å². The topological polar surface area (TPSA) is 0 Å². The van der Waals surface area contributed by atoms with Gasteiger partial charge in [-0.2, -0.15) is 0 Å². The van der Waals surface area contributed by atoms with Gasteiger partial charge in [0, 0.05) is 0 Å². The zero-order chi connectivity index (χ0) is 10.8. The maximum absolute atomic E-state index is 2.51. The molecule has 0 saturated heterocycles. The van der Waals surface area contributed by atoms with Gasteiger partial charge in [0.05, 0.1) is 0 Å². The van der Waals surface area contributed by atoms with E-state index in [2.05, 4.69) is 62.6 Å². The molecule has 78 valence electrons. The van der Waals surface area contributed by atoms with E-state index < -0.39 is 13.3 Å². The molecule has 14 heavy (non-hydrogen) atoms. The first-order chi connectivity index (χ1) is 6.31. The molecule has 1 rings (SSSR count). The third-order valence-electron chi connectivity index (χ3n) is 2.53. The molecule has 0 spiro atoms. The molecule has 1 heteroatoms. The van der Waals surface area contributed by atoms with Gasteiger partial charge in [0.1, 0.15) is 0 Å². The first kappa shape index (κ1) is 11.8. The van der Waals surface area contributed by atoms with Crippen LogP contribution in [0.1, 0.15) is 20.8 Å². The fraction of sp³-hybridized carbons (Fsp3) is 0.538. The number of hydrogen-bond acceptors (Lipinski definition) is 0. The van der Waals surface area contributed by atoms with Crippen molar-refractivity contribution < 1.29 is 0 Å². The number of benzene rings is 1. The quantitative estimate of drug-likeness (QED) is 0.703. The standard InChI is InChI=1S/C13H22Ge/c1-13(2,3)11-14(4,5)12-9-7-6-8-10-12/h6-10H,11H2,1-5H3. The third kappa shape index (κ3) is 3.49. The second-order valence-electron chi connectivity index (χ2n) is 5.99. The van der Waals surface area contributed by atoms with E-state index in [0.717, 1.165) is 0 Å². The van der Waals surface area contributed by atoms with E-state index in [1.807, 2.05) is 0 Å². The molecule has 0 fully saturated rings. The Labute approximate surface area is 91.1 Å². The Balaban J connectivity index is 2.86. The molecule has 0 unspecified atom stereocenters. The molecular formula is C13H22Ge. The van der Waals surface area contributed by atoms with Gasteiger partial charge in [0.15, 0.2) is 0 Å². The first-order valence-electron chi connectivity index (χ1n) is 5.37. The molecule has 0 aromatic heterocycles. The fourth-order valence-corrected chi connectivity index (χ4v) is 10.6. The molecule has 0 aliphatic rings. The van der Waals surface area contributed by atoms with E-state index in [0.29, 0.717) is 5.41 Å². The van der Waals surface area contributed by atoms with Crippen LogP contribution in [0.3, 0.4) is 0 Å². The SMILES string of the molecule is CC(C)(C)[CH2][Ge]([CH3])([CH3])[c]1ccccc1. The molecule has 0 bridgehead atoms. The van der Waals surface area contributed by atoms with Gasteiger partial charge in [-0.3, -0.25) is 0 Å². The first-order valence-corrected chi connectivity index (χ1v) is 12.1. The van der Waals surface area contributed by atoms with E-state index in [1.165, 1.54) is 5.25 Å². The van der Waals surface area contributed by atoms with Gasteiger partial charge in [-0.15, -0.1) is 0 Å². The van der Waals surface area contributed by atoms with Crippen molar-refractivity contribution in [2.75, 3.05) is 0 Å². The molecule has 0 N–H and O–H groups in total. The van der Waals surface area contributed by atoms with Crippen LogP contribution in [-0.2, 0) is 0 Å². The van der Waals surface area contributed by atoms with Crippen LogP contribution in [0, 0.1) is 5.41 Å². The molecule has 0 aliphatic heterocycles. The van der Waals surface area contributed by atoms with Crippen LogP contribution in [0.4, 0.5) is 0 Å². The predicted molar refractivity (Wildman–Crippen MR) is 67.8 cm³/mol. The van der Waals surface area contributed by atoms with Crippen molar-refractivity contribution >= 4 is 17.7 Å². The van der Waals surface area contributed by atoms with Crippen molar-refractivity contribution in [1.82, 2.24) is 0 Å².